The number of hydrogen-bond acceptors (Lipinski definition) is 4. The molecule has 19 heavy (non-hydrogen) atoms. The Morgan fingerprint density at radius 1 is 1.58 bits per heavy atom. The summed E-state index contributed by atoms with van der Waals surface area (Å²) in [6, 6.07) is 4.10. The highest BCUT2D eigenvalue weighted by Crippen LogP contribution is 2.23. The molecule has 3 N–H and O–H groups in total. The summed E-state index contributed by atoms with van der Waals surface area (Å²) < 4.78 is 7.14. The predicted octanol–water partition coefficient (Wildman–Crippen LogP) is 1.02. The molecule has 0 aliphatic carbocycles. The normalized spacial score (nSPS) is 12.1. The molecule has 2 rings (SSSR count). The summed E-state index contributed by atoms with van der Waals surface area (Å²) in [5.41, 5.74) is 7.01. The number of rotatable bonds is 5. The van der Waals surface area contributed by atoms with Crippen LogP contribution in [0, 0.1) is 0 Å². The van der Waals surface area contributed by atoms with Crippen LogP contribution >= 0.6 is 0 Å². The van der Waals surface area contributed by atoms with Gasteiger partial charge in [-0.25, -0.2) is 4.98 Å². The third-order valence-corrected chi connectivity index (χ3v) is 2.84. The number of methoxy groups -OCH3 is 1. The quantitative estimate of drug-likeness (QED) is 0.838. The van der Waals surface area contributed by atoms with Gasteiger partial charge in [0.05, 0.1) is 20.0 Å². The van der Waals surface area contributed by atoms with Crippen molar-refractivity contribution in [1.82, 2.24) is 9.55 Å². The van der Waals surface area contributed by atoms with Crippen molar-refractivity contribution in [2.45, 2.75) is 12.6 Å². The van der Waals surface area contributed by atoms with Crippen molar-refractivity contribution in [1.29, 1.82) is 0 Å². The monoisotopic (exact) mass is 261 g/mol. The minimum atomic E-state index is -1.06. The lowest BCUT2D eigenvalue weighted by atomic mass is 10.0. The van der Waals surface area contributed by atoms with Crippen molar-refractivity contribution < 1.29 is 14.6 Å². The SMILES string of the molecule is COc1ccc([C@H](N)C(=O)O)cc1Cn1ccnc1. The first-order chi connectivity index (χ1) is 9.11. The molecule has 0 amide bonds. The molecule has 1 heterocycles. The van der Waals surface area contributed by atoms with Gasteiger partial charge in [0.1, 0.15) is 11.8 Å². The van der Waals surface area contributed by atoms with E-state index in [1.54, 1.807) is 37.8 Å². The van der Waals surface area contributed by atoms with E-state index in [9.17, 15) is 4.79 Å². The Morgan fingerprint density at radius 2 is 2.37 bits per heavy atom. The zero-order chi connectivity index (χ0) is 13.8. The Labute approximate surface area is 110 Å². The Kier molecular flexibility index (Phi) is 3.82. The summed E-state index contributed by atoms with van der Waals surface area (Å²) in [4.78, 5) is 14.9. The summed E-state index contributed by atoms with van der Waals surface area (Å²) >= 11 is 0. The molecule has 0 unspecified atom stereocenters. The highest BCUT2D eigenvalue weighted by Gasteiger charge is 2.16. The van der Waals surface area contributed by atoms with Crippen molar-refractivity contribution >= 4 is 5.97 Å². The molecule has 0 saturated heterocycles. The molecule has 6 nitrogen and oxygen atoms in total. The highest BCUT2D eigenvalue weighted by atomic mass is 16.5. The number of ether oxygens (including phenoxy) is 1. The van der Waals surface area contributed by atoms with E-state index >= 15 is 0 Å². The molecule has 2 aromatic rings. The van der Waals surface area contributed by atoms with Crippen molar-refractivity contribution in [2.24, 2.45) is 5.73 Å². The Hall–Kier alpha value is -2.34. The van der Waals surface area contributed by atoms with Gasteiger partial charge in [-0.3, -0.25) is 4.79 Å². The summed E-state index contributed by atoms with van der Waals surface area (Å²) in [6.07, 6.45) is 5.19. The number of carboxylic acid groups (broad SMARTS) is 1. The minimum Gasteiger partial charge on any atom is -0.496 e. The first-order valence-corrected chi connectivity index (χ1v) is 5.72. The lowest BCUT2D eigenvalue weighted by Crippen LogP contribution is -2.20. The molecule has 0 aliphatic heterocycles. The first kappa shape index (κ1) is 13.1. The maximum Gasteiger partial charge on any atom is 0.325 e. The van der Waals surface area contributed by atoms with Crippen LogP contribution < -0.4 is 10.5 Å². The topological polar surface area (TPSA) is 90.4 Å². The fraction of sp³-hybridized carbons (Fsp3) is 0.231. The molecular formula is C13H15N3O3. The van der Waals surface area contributed by atoms with Crippen molar-refractivity contribution in [3.8, 4) is 5.75 Å². The molecule has 0 fully saturated rings. The molecule has 0 radical (unpaired) electrons. The van der Waals surface area contributed by atoms with Gasteiger partial charge < -0.3 is 20.1 Å². The van der Waals surface area contributed by atoms with Crippen LogP contribution in [0.15, 0.2) is 36.9 Å². The Bertz CT molecular complexity index is 567. The average molecular weight is 261 g/mol. The summed E-state index contributed by atoms with van der Waals surface area (Å²) in [5.74, 6) is -0.367. The van der Waals surface area contributed by atoms with Crippen LogP contribution in [0.4, 0.5) is 0 Å². The molecule has 0 saturated carbocycles. The molecule has 0 aliphatic rings. The van der Waals surface area contributed by atoms with Gasteiger partial charge in [-0.15, -0.1) is 0 Å². The lowest BCUT2D eigenvalue weighted by Gasteiger charge is -2.13. The number of hydrogen-bond donors (Lipinski definition) is 2. The maximum absolute atomic E-state index is 10.9. The minimum absolute atomic E-state index is 0.545. The van der Waals surface area contributed by atoms with Crippen molar-refractivity contribution in [3.05, 3.63) is 48.0 Å². The van der Waals surface area contributed by atoms with Crippen molar-refractivity contribution in [2.75, 3.05) is 7.11 Å². The summed E-state index contributed by atoms with van der Waals surface area (Å²) in [6.45, 7) is 0.545. The number of aliphatic carboxylic acids is 1. The number of nitrogens with zero attached hydrogens (tertiary/aromatic N) is 2. The fourth-order valence-corrected chi connectivity index (χ4v) is 1.84. The van der Waals surface area contributed by atoms with Crippen LogP contribution in [0.2, 0.25) is 0 Å². The molecule has 0 bridgehead atoms. The third kappa shape index (κ3) is 2.92. The van der Waals surface area contributed by atoms with E-state index in [0.29, 0.717) is 17.9 Å². The largest absolute Gasteiger partial charge is 0.496 e. The van der Waals surface area contributed by atoms with Crippen LogP contribution in [0.3, 0.4) is 0 Å². The zero-order valence-electron chi connectivity index (χ0n) is 10.5. The maximum atomic E-state index is 10.9. The lowest BCUT2D eigenvalue weighted by molar-refractivity contribution is -0.138. The van der Waals surface area contributed by atoms with Gasteiger partial charge in [-0.05, 0) is 17.7 Å². The van der Waals surface area contributed by atoms with E-state index in [1.807, 2.05) is 10.8 Å². The number of imidazole rings is 1. The van der Waals surface area contributed by atoms with Gasteiger partial charge in [-0.2, -0.15) is 0 Å². The highest BCUT2D eigenvalue weighted by molar-refractivity contribution is 5.75. The van der Waals surface area contributed by atoms with Crippen LogP contribution in [-0.4, -0.2) is 27.7 Å². The Morgan fingerprint density at radius 3 is 2.95 bits per heavy atom. The number of carboxylic acids is 1. The molecule has 1 aromatic heterocycles. The molecule has 1 aromatic carbocycles. The first-order valence-electron chi connectivity index (χ1n) is 5.72. The molecule has 1 atom stereocenters. The van der Waals surface area contributed by atoms with Crippen molar-refractivity contribution in [3.63, 3.8) is 0 Å². The predicted molar refractivity (Wildman–Crippen MR) is 68.9 cm³/mol. The third-order valence-electron chi connectivity index (χ3n) is 2.84. The molecular weight excluding hydrogens is 246 g/mol. The summed E-state index contributed by atoms with van der Waals surface area (Å²) in [7, 11) is 1.57. The Balaban J connectivity index is 2.33. The second-order valence-corrected chi connectivity index (χ2v) is 4.12. The smallest absolute Gasteiger partial charge is 0.325 e. The van der Waals surface area contributed by atoms with Crippen LogP contribution in [0.25, 0.3) is 0 Å². The van der Waals surface area contributed by atoms with E-state index in [4.69, 9.17) is 15.6 Å². The van der Waals surface area contributed by atoms with E-state index in [-0.39, 0.29) is 0 Å². The number of carbonyl (C=O) groups is 1. The second kappa shape index (κ2) is 5.53. The number of benzene rings is 1. The van der Waals surface area contributed by atoms with Gasteiger partial charge in [0.15, 0.2) is 0 Å². The van der Waals surface area contributed by atoms with Crippen LogP contribution in [-0.2, 0) is 11.3 Å². The van der Waals surface area contributed by atoms with E-state index in [1.165, 1.54) is 0 Å². The number of aromatic nitrogens is 2. The van der Waals surface area contributed by atoms with Gasteiger partial charge in [0.25, 0.3) is 0 Å². The standard InChI is InChI=1S/C13H15N3O3/c1-19-11-3-2-9(12(14)13(17)18)6-10(11)7-16-5-4-15-8-16/h2-6,8,12H,7,14H2,1H3,(H,17,18)/t12-/m0/s1. The van der Waals surface area contributed by atoms with Crippen LogP contribution in [0.1, 0.15) is 17.2 Å². The van der Waals surface area contributed by atoms with E-state index in [2.05, 4.69) is 4.98 Å². The molecule has 100 valence electrons. The zero-order valence-corrected chi connectivity index (χ0v) is 10.5. The van der Waals surface area contributed by atoms with E-state index < -0.39 is 12.0 Å². The van der Waals surface area contributed by atoms with Crippen LogP contribution in [0.5, 0.6) is 5.75 Å². The second-order valence-electron chi connectivity index (χ2n) is 4.12. The molecule has 0 spiro atoms. The van der Waals surface area contributed by atoms with Gasteiger partial charge in [0.2, 0.25) is 0 Å². The van der Waals surface area contributed by atoms with Gasteiger partial charge in [0, 0.05) is 18.0 Å². The molecule has 6 heteroatoms. The van der Waals surface area contributed by atoms with E-state index in [0.717, 1.165) is 5.56 Å². The fourth-order valence-electron chi connectivity index (χ4n) is 1.84. The average Bonchev–Trinajstić information content (AvgIpc) is 2.90. The van der Waals surface area contributed by atoms with Gasteiger partial charge in [-0.1, -0.05) is 6.07 Å². The number of nitrogens with two attached hydrogens (primary N) is 1. The summed E-state index contributed by atoms with van der Waals surface area (Å²) in [5, 5.41) is 8.94. The van der Waals surface area contributed by atoms with Gasteiger partial charge >= 0.3 is 5.97 Å².